The molecule has 0 spiro atoms. The van der Waals surface area contributed by atoms with Gasteiger partial charge in [0.15, 0.2) is 5.65 Å². The highest BCUT2D eigenvalue weighted by Crippen LogP contribution is 2.31. The Morgan fingerprint density at radius 2 is 1.71 bits per heavy atom. The van der Waals surface area contributed by atoms with Crippen molar-refractivity contribution in [2.24, 2.45) is 0 Å². The Bertz CT molecular complexity index is 1370. The van der Waals surface area contributed by atoms with Gasteiger partial charge < -0.3 is 15.8 Å². The Balaban J connectivity index is 1.63. The summed E-state index contributed by atoms with van der Waals surface area (Å²) in [6.45, 7) is 2.07. The van der Waals surface area contributed by atoms with Crippen molar-refractivity contribution in [3.8, 4) is 5.69 Å². The monoisotopic (exact) mass is 457 g/mol. The number of nitrogen functional groups attached to an aromatic ring is 1. The molecule has 0 unspecified atom stereocenters. The molecule has 1 saturated carbocycles. The van der Waals surface area contributed by atoms with Crippen LogP contribution in [0.2, 0.25) is 0 Å². The first kappa shape index (κ1) is 21.9. The fraction of sp³-hybridized carbons (Fsp3) is 0.308. The maximum absolute atomic E-state index is 13.4. The van der Waals surface area contributed by atoms with Gasteiger partial charge in [0.2, 0.25) is 0 Å². The van der Waals surface area contributed by atoms with Crippen molar-refractivity contribution >= 4 is 39.9 Å². The number of nitrogens with one attached hydrogen (secondary N) is 1. The summed E-state index contributed by atoms with van der Waals surface area (Å²) in [5.74, 6) is -0.360. The third kappa shape index (κ3) is 3.96. The van der Waals surface area contributed by atoms with Crippen LogP contribution >= 0.6 is 0 Å². The van der Waals surface area contributed by atoms with Crippen LogP contribution in [0.4, 0.5) is 5.82 Å². The van der Waals surface area contributed by atoms with E-state index in [4.69, 9.17) is 20.4 Å². The second-order valence-corrected chi connectivity index (χ2v) is 8.56. The van der Waals surface area contributed by atoms with Gasteiger partial charge in [-0.2, -0.15) is 0 Å². The number of hydrogen-bond donors (Lipinski definition) is 2. The van der Waals surface area contributed by atoms with Crippen molar-refractivity contribution < 1.29 is 14.3 Å². The van der Waals surface area contributed by atoms with E-state index in [9.17, 15) is 9.59 Å². The minimum Gasteiger partial charge on any atom is -0.462 e. The summed E-state index contributed by atoms with van der Waals surface area (Å²) < 4.78 is 6.80. The molecule has 2 aromatic carbocycles. The Labute approximate surface area is 197 Å². The third-order valence-electron chi connectivity index (χ3n) is 6.30. The van der Waals surface area contributed by atoms with E-state index in [1.54, 1.807) is 35.8 Å². The van der Waals surface area contributed by atoms with Crippen LogP contribution in [0.25, 0.3) is 27.9 Å². The Morgan fingerprint density at radius 3 is 2.38 bits per heavy atom. The van der Waals surface area contributed by atoms with Crippen molar-refractivity contribution in [3.63, 3.8) is 0 Å². The molecule has 0 bridgehead atoms. The maximum Gasteiger partial charge on any atom is 0.338 e. The molecule has 2 aromatic heterocycles. The van der Waals surface area contributed by atoms with E-state index in [-0.39, 0.29) is 17.8 Å². The highest BCUT2D eigenvalue weighted by molar-refractivity contribution is 6.11. The van der Waals surface area contributed by atoms with Crippen molar-refractivity contribution in [3.05, 3.63) is 59.7 Å². The summed E-state index contributed by atoms with van der Waals surface area (Å²) in [6.07, 6.45) is 5.36. The second-order valence-electron chi connectivity index (χ2n) is 8.56. The number of hydrogen-bond acceptors (Lipinski definition) is 6. The lowest BCUT2D eigenvalue weighted by Gasteiger charge is -2.22. The van der Waals surface area contributed by atoms with Crippen molar-refractivity contribution in [1.29, 1.82) is 0 Å². The SMILES string of the molecule is CCOC(=O)c1ccc(-n2c(N)c(C(=O)NC3CCCCC3)c3nc4ccccc4nc32)cc1. The summed E-state index contributed by atoms with van der Waals surface area (Å²) in [4.78, 5) is 35.1. The molecule has 1 amide bonds. The lowest BCUT2D eigenvalue weighted by Crippen LogP contribution is -2.36. The van der Waals surface area contributed by atoms with Gasteiger partial charge in [0.05, 0.1) is 23.2 Å². The van der Waals surface area contributed by atoms with Crippen molar-refractivity contribution in [2.45, 2.75) is 45.1 Å². The molecule has 5 rings (SSSR count). The van der Waals surface area contributed by atoms with E-state index in [1.807, 2.05) is 24.3 Å². The van der Waals surface area contributed by atoms with Crippen LogP contribution in [-0.2, 0) is 4.74 Å². The van der Waals surface area contributed by atoms with Crippen molar-refractivity contribution in [1.82, 2.24) is 19.9 Å². The number of fused-ring (bicyclic) bond motifs is 2. The molecular formula is C26H27N5O3. The molecule has 2 heterocycles. The van der Waals surface area contributed by atoms with Crippen LogP contribution in [0.3, 0.4) is 0 Å². The van der Waals surface area contributed by atoms with E-state index in [0.717, 1.165) is 25.7 Å². The first-order valence-electron chi connectivity index (χ1n) is 11.7. The number of carbonyl (C=O) groups excluding carboxylic acids is 2. The van der Waals surface area contributed by atoms with E-state index in [1.165, 1.54) is 6.42 Å². The number of amides is 1. The summed E-state index contributed by atoms with van der Waals surface area (Å²) in [7, 11) is 0. The highest BCUT2D eigenvalue weighted by Gasteiger charge is 2.27. The van der Waals surface area contributed by atoms with Gasteiger partial charge in [-0.3, -0.25) is 9.36 Å². The average Bonchev–Trinajstić information content (AvgIpc) is 3.14. The fourth-order valence-corrected chi connectivity index (χ4v) is 4.61. The van der Waals surface area contributed by atoms with Gasteiger partial charge in [-0.25, -0.2) is 14.8 Å². The quantitative estimate of drug-likeness (QED) is 0.430. The van der Waals surface area contributed by atoms with Crippen LogP contribution in [0, 0.1) is 0 Å². The molecule has 1 aliphatic carbocycles. The molecule has 34 heavy (non-hydrogen) atoms. The Morgan fingerprint density at radius 1 is 1.03 bits per heavy atom. The van der Waals surface area contributed by atoms with Gasteiger partial charge in [-0.05, 0) is 56.2 Å². The summed E-state index contributed by atoms with van der Waals surface area (Å²) in [5, 5.41) is 3.16. The molecule has 4 aromatic rings. The Hall–Kier alpha value is -3.94. The average molecular weight is 458 g/mol. The zero-order valence-corrected chi connectivity index (χ0v) is 19.1. The predicted molar refractivity (Wildman–Crippen MR) is 131 cm³/mol. The second kappa shape index (κ2) is 9.13. The van der Waals surface area contributed by atoms with Crippen LogP contribution in [0.5, 0.6) is 0 Å². The number of para-hydroxylation sites is 2. The number of anilines is 1. The van der Waals surface area contributed by atoms with Gasteiger partial charge in [0.25, 0.3) is 5.91 Å². The molecule has 174 valence electrons. The smallest absolute Gasteiger partial charge is 0.338 e. The summed E-state index contributed by atoms with van der Waals surface area (Å²) in [5.41, 5.74) is 10.4. The summed E-state index contributed by atoms with van der Waals surface area (Å²) >= 11 is 0. The molecule has 8 heteroatoms. The molecule has 0 aliphatic heterocycles. The van der Waals surface area contributed by atoms with Gasteiger partial charge in [-0.15, -0.1) is 0 Å². The van der Waals surface area contributed by atoms with Crippen LogP contribution < -0.4 is 11.1 Å². The van der Waals surface area contributed by atoms with E-state index in [0.29, 0.717) is 45.6 Å². The maximum atomic E-state index is 13.4. The number of rotatable bonds is 5. The number of aromatic nitrogens is 3. The minimum absolute atomic E-state index is 0.135. The third-order valence-corrected chi connectivity index (χ3v) is 6.30. The number of nitrogens with two attached hydrogens (primary N) is 1. The molecule has 3 N–H and O–H groups in total. The minimum atomic E-state index is -0.391. The zero-order chi connectivity index (χ0) is 23.7. The normalized spacial score (nSPS) is 14.4. The Kier molecular flexibility index (Phi) is 5.88. The largest absolute Gasteiger partial charge is 0.462 e. The number of ether oxygens (including phenoxy) is 1. The van der Waals surface area contributed by atoms with E-state index < -0.39 is 5.97 Å². The summed E-state index contributed by atoms with van der Waals surface area (Å²) in [6, 6.07) is 14.5. The van der Waals surface area contributed by atoms with Gasteiger partial charge in [-0.1, -0.05) is 31.4 Å². The number of esters is 1. The van der Waals surface area contributed by atoms with Crippen LogP contribution in [0.1, 0.15) is 59.7 Å². The van der Waals surface area contributed by atoms with E-state index in [2.05, 4.69) is 5.32 Å². The molecule has 1 aliphatic rings. The molecule has 8 nitrogen and oxygen atoms in total. The molecule has 1 fully saturated rings. The number of nitrogens with zero attached hydrogens (tertiary/aromatic N) is 3. The van der Waals surface area contributed by atoms with Gasteiger partial charge in [0.1, 0.15) is 16.9 Å². The lowest BCUT2D eigenvalue weighted by molar-refractivity contribution is 0.0526. The van der Waals surface area contributed by atoms with Crippen molar-refractivity contribution in [2.75, 3.05) is 12.3 Å². The highest BCUT2D eigenvalue weighted by atomic mass is 16.5. The molecule has 0 saturated heterocycles. The van der Waals surface area contributed by atoms with Crippen LogP contribution in [-0.4, -0.2) is 39.1 Å². The number of carbonyl (C=O) groups is 2. The standard InChI is InChI=1S/C26H27N5O3/c1-2-34-26(33)16-12-14-18(15-13-16)31-23(27)21(25(32)28-17-8-4-3-5-9-17)22-24(31)30-20-11-7-6-10-19(20)29-22/h6-7,10-15,17H,2-5,8-9,27H2,1H3,(H,28,32). The topological polar surface area (TPSA) is 112 Å². The van der Waals surface area contributed by atoms with Crippen LogP contribution in [0.15, 0.2) is 48.5 Å². The molecule has 0 radical (unpaired) electrons. The molecule has 0 atom stereocenters. The zero-order valence-electron chi connectivity index (χ0n) is 19.1. The van der Waals surface area contributed by atoms with Gasteiger partial charge in [0, 0.05) is 11.7 Å². The first-order chi connectivity index (χ1) is 16.6. The van der Waals surface area contributed by atoms with E-state index >= 15 is 0 Å². The predicted octanol–water partition coefficient (Wildman–Crippen LogP) is 4.40. The molecular weight excluding hydrogens is 430 g/mol. The number of benzene rings is 2. The fourth-order valence-electron chi connectivity index (χ4n) is 4.61. The van der Waals surface area contributed by atoms with Gasteiger partial charge >= 0.3 is 5.97 Å². The lowest BCUT2D eigenvalue weighted by atomic mass is 9.95. The first-order valence-corrected chi connectivity index (χ1v) is 11.7.